The van der Waals surface area contributed by atoms with Gasteiger partial charge in [-0.2, -0.15) is 0 Å². The minimum absolute atomic E-state index is 0.245. The van der Waals surface area contributed by atoms with Gasteiger partial charge in [0.25, 0.3) is 0 Å². The van der Waals surface area contributed by atoms with Crippen molar-refractivity contribution >= 4 is 5.91 Å². The van der Waals surface area contributed by atoms with Gasteiger partial charge in [0.2, 0.25) is 12.7 Å². The first-order chi connectivity index (χ1) is 11.8. The summed E-state index contributed by atoms with van der Waals surface area (Å²) in [6.07, 6.45) is 2.89. The van der Waals surface area contributed by atoms with Gasteiger partial charge in [-0.05, 0) is 37.1 Å². The SMILES string of the molecule is O=C(CCN1CCCC1c1ccc2c(c1)OCO2)N1CCOCC1. The number of likely N-dealkylation sites (tertiary alicyclic amines) is 1. The van der Waals surface area contributed by atoms with E-state index in [0.29, 0.717) is 32.5 Å². The minimum atomic E-state index is 0.245. The van der Waals surface area contributed by atoms with Crippen LogP contribution >= 0.6 is 0 Å². The van der Waals surface area contributed by atoms with E-state index in [4.69, 9.17) is 14.2 Å². The summed E-state index contributed by atoms with van der Waals surface area (Å²) in [7, 11) is 0. The third-order valence-corrected chi connectivity index (χ3v) is 5.12. The molecule has 3 aliphatic rings. The monoisotopic (exact) mass is 332 g/mol. The van der Waals surface area contributed by atoms with Crippen LogP contribution in [0, 0.1) is 0 Å². The number of amides is 1. The molecular weight excluding hydrogens is 308 g/mol. The van der Waals surface area contributed by atoms with Crippen molar-refractivity contribution in [1.29, 1.82) is 0 Å². The second-order valence-electron chi connectivity index (χ2n) is 6.55. The highest BCUT2D eigenvalue weighted by Crippen LogP contribution is 2.38. The lowest BCUT2D eigenvalue weighted by Gasteiger charge is -2.29. The zero-order valence-electron chi connectivity index (χ0n) is 13.9. The first-order valence-corrected chi connectivity index (χ1v) is 8.80. The standard InChI is InChI=1S/C18H24N2O4/c21-18(20-8-10-22-11-9-20)5-7-19-6-1-2-15(19)14-3-4-16-17(12-14)24-13-23-16/h3-4,12,15H,1-2,5-11,13H2. The summed E-state index contributed by atoms with van der Waals surface area (Å²) in [6, 6.07) is 6.58. The van der Waals surface area contributed by atoms with Gasteiger partial charge < -0.3 is 19.1 Å². The zero-order valence-corrected chi connectivity index (χ0v) is 13.9. The molecule has 3 heterocycles. The zero-order chi connectivity index (χ0) is 16.4. The van der Waals surface area contributed by atoms with Crippen LogP contribution in [0.3, 0.4) is 0 Å². The molecule has 130 valence electrons. The van der Waals surface area contributed by atoms with E-state index in [1.807, 2.05) is 11.0 Å². The molecule has 1 aromatic rings. The molecule has 0 aromatic heterocycles. The summed E-state index contributed by atoms with van der Waals surface area (Å²) >= 11 is 0. The highest BCUT2D eigenvalue weighted by molar-refractivity contribution is 5.76. The quantitative estimate of drug-likeness (QED) is 0.841. The second-order valence-corrected chi connectivity index (χ2v) is 6.55. The fourth-order valence-electron chi connectivity index (χ4n) is 3.80. The van der Waals surface area contributed by atoms with E-state index >= 15 is 0 Å². The molecule has 0 N–H and O–H groups in total. The topological polar surface area (TPSA) is 51.2 Å². The van der Waals surface area contributed by atoms with Crippen LogP contribution in [-0.2, 0) is 9.53 Å². The maximum absolute atomic E-state index is 12.4. The molecule has 0 radical (unpaired) electrons. The number of carbonyl (C=O) groups excluding carboxylic acids is 1. The van der Waals surface area contributed by atoms with Crippen LogP contribution in [0.25, 0.3) is 0 Å². The lowest BCUT2D eigenvalue weighted by molar-refractivity contribution is -0.135. The maximum atomic E-state index is 12.4. The van der Waals surface area contributed by atoms with Crippen molar-refractivity contribution in [2.24, 2.45) is 0 Å². The molecule has 2 fully saturated rings. The number of nitrogens with zero attached hydrogens (tertiary/aromatic N) is 2. The van der Waals surface area contributed by atoms with Gasteiger partial charge in [0.1, 0.15) is 0 Å². The minimum Gasteiger partial charge on any atom is -0.454 e. The number of hydrogen-bond donors (Lipinski definition) is 0. The van der Waals surface area contributed by atoms with E-state index in [1.54, 1.807) is 0 Å². The van der Waals surface area contributed by atoms with Gasteiger partial charge in [0, 0.05) is 32.1 Å². The number of morpholine rings is 1. The molecular formula is C18H24N2O4. The number of fused-ring (bicyclic) bond motifs is 1. The van der Waals surface area contributed by atoms with Crippen molar-refractivity contribution in [3.8, 4) is 11.5 Å². The highest BCUT2D eigenvalue weighted by Gasteiger charge is 2.28. The van der Waals surface area contributed by atoms with Crippen molar-refractivity contribution in [2.45, 2.75) is 25.3 Å². The highest BCUT2D eigenvalue weighted by atomic mass is 16.7. The first-order valence-electron chi connectivity index (χ1n) is 8.80. The second kappa shape index (κ2) is 6.99. The van der Waals surface area contributed by atoms with Crippen molar-refractivity contribution in [1.82, 2.24) is 9.80 Å². The summed E-state index contributed by atoms with van der Waals surface area (Å²) in [5, 5.41) is 0. The number of carbonyl (C=O) groups is 1. The van der Waals surface area contributed by atoms with E-state index in [2.05, 4.69) is 17.0 Å². The van der Waals surface area contributed by atoms with Gasteiger partial charge in [-0.15, -0.1) is 0 Å². The maximum Gasteiger partial charge on any atom is 0.231 e. The van der Waals surface area contributed by atoms with E-state index < -0.39 is 0 Å². The Hall–Kier alpha value is -1.79. The van der Waals surface area contributed by atoms with Gasteiger partial charge in [0.05, 0.1) is 13.2 Å². The summed E-state index contributed by atoms with van der Waals surface area (Å²) in [4.78, 5) is 16.7. The average Bonchev–Trinajstić information content (AvgIpc) is 3.28. The van der Waals surface area contributed by atoms with Crippen molar-refractivity contribution < 1.29 is 19.0 Å². The predicted octanol–water partition coefficient (Wildman–Crippen LogP) is 1.80. The fraction of sp³-hybridized carbons (Fsp3) is 0.611. The van der Waals surface area contributed by atoms with Gasteiger partial charge in [-0.25, -0.2) is 0 Å². The summed E-state index contributed by atoms with van der Waals surface area (Å²) < 4.78 is 16.2. The van der Waals surface area contributed by atoms with E-state index in [-0.39, 0.29) is 5.91 Å². The normalized spacial score (nSPS) is 23.7. The lowest BCUT2D eigenvalue weighted by atomic mass is 10.0. The van der Waals surface area contributed by atoms with Crippen molar-refractivity contribution in [3.63, 3.8) is 0 Å². The molecule has 0 saturated carbocycles. The third-order valence-electron chi connectivity index (χ3n) is 5.12. The Morgan fingerprint density at radius 3 is 2.83 bits per heavy atom. The van der Waals surface area contributed by atoms with Crippen LogP contribution in [0.1, 0.15) is 30.9 Å². The number of benzene rings is 1. The molecule has 1 atom stereocenters. The third kappa shape index (κ3) is 3.21. The molecule has 1 unspecified atom stereocenters. The van der Waals surface area contributed by atoms with Crippen LogP contribution in [0.2, 0.25) is 0 Å². The molecule has 4 rings (SSSR count). The van der Waals surface area contributed by atoms with Crippen LogP contribution in [-0.4, -0.2) is 61.9 Å². The Bertz CT molecular complexity index is 601. The Balaban J connectivity index is 1.37. The van der Waals surface area contributed by atoms with Gasteiger partial charge in [-0.1, -0.05) is 6.07 Å². The van der Waals surface area contributed by atoms with Crippen LogP contribution < -0.4 is 9.47 Å². The molecule has 0 bridgehead atoms. The molecule has 0 spiro atoms. The lowest BCUT2D eigenvalue weighted by Crippen LogP contribution is -2.42. The van der Waals surface area contributed by atoms with Crippen molar-refractivity contribution in [3.05, 3.63) is 23.8 Å². The summed E-state index contributed by atoms with van der Waals surface area (Å²) in [6.45, 7) is 4.95. The smallest absolute Gasteiger partial charge is 0.231 e. The fourth-order valence-corrected chi connectivity index (χ4v) is 3.80. The molecule has 3 aliphatic heterocycles. The summed E-state index contributed by atoms with van der Waals surface area (Å²) in [5.74, 6) is 1.91. The Labute approximate surface area is 142 Å². The molecule has 1 aromatic carbocycles. The largest absolute Gasteiger partial charge is 0.454 e. The first kappa shape index (κ1) is 15.7. The number of rotatable bonds is 4. The van der Waals surface area contributed by atoms with Gasteiger partial charge in [0.15, 0.2) is 11.5 Å². The van der Waals surface area contributed by atoms with E-state index in [0.717, 1.165) is 44.1 Å². The molecule has 6 nitrogen and oxygen atoms in total. The molecule has 6 heteroatoms. The Morgan fingerprint density at radius 2 is 1.96 bits per heavy atom. The number of ether oxygens (including phenoxy) is 3. The average molecular weight is 332 g/mol. The van der Waals surface area contributed by atoms with Crippen LogP contribution in [0.4, 0.5) is 0 Å². The molecule has 1 amide bonds. The molecule has 0 aliphatic carbocycles. The Morgan fingerprint density at radius 1 is 1.12 bits per heavy atom. The van der Waals surface area contributed by atoms with Gasteiger partial charge in [-0.3, -0.25) is 9.69 Å². The molecule has 24 heavy (non-hydrogen) atoms. The van der Waals surface area contributed by atoms with Crippen LogP contribution in [0.5, 0.6) is 11.5 Å². The number of hydrogen-bond acceptors (Lipinski definition) is 5. The van der Waals surface area contributed by atoms with Crippen molar-refractivity contribution in [2.75, 3.05) is 46.2 Å². The van der Waals surface area contributed by atoms with Crippen LogP contribution in [0.15, 0.2) is 18.2 Å². The van der Waals surface area contributed by atoms with E-state index in [9.17, 15) is 4.79 Å². The van der Waals surface area contributed by atoms with E-state index in [1.165, 1.54) is 12.0 Å². The predicted molar refractivity (Wildman–Crippen MR) is 88.1 cm³/mol. The van der Waals surface area contributed by atoms with Gasteiger partial charge >= 0.3 is 0 Å². The molecule has 2 saturated heterocycles. The summed E-state index contributed by atoms with van der Waals surface area (Å²) in [5.41, 5.74) is 1.26. The Kier molecular flexibility index (Phi) is 4.58.